The first-order valence-corrected chi connectivity index (χ1v) is 18.2. The Balaban J connectivity index is 1.09. The van der Waals surface area contributed by atoms with E-state index < -0.39 is 0 Å². The van der Waals surface area contributed by atoms with Gasteiger partial charge in [0.25, 0.3) is 0 Å². The molecule has 10 aromatic rings. The number of fused-ring (bicyclic) bond motifs is 8. The van der Waals surface area contributed by atoms with Crippen LogP contribution in [0.15, 0.2) is 176 Å². The molecule has 0 aliphatic rings. The highest BCUT2D eigenvalue weighted by Crippen LogP contribution is 2.46. The van der Waals surface area contributed by atoms with Gasteiger partial charge in [-0.3, -0.25) is 0 Å². The Morgan fingerprint density at radius 2 is 0.898 bits per heavy atom. The molecule has 0 atom stereocenters. The van der Waals surface area contributed by atoms with E-state index in [4.69, 9.17) is 0 Å². The molecule has 0 N–H and O–H groups in total. The minimum Gasteiger partial charge on any atom is -0.310 e. The van der Waals surface area contributed by atoms with Crippen LogP contribution in [0.2, 0.25) is 0 Å². The maximum Gasteiger partial charge on any atom is 0.0554 e. The van der Waals surface area contributed by atoms with Crippen molar-refractivity contribution in [2.45, 2.75) is 0 Å². The number of hydrogen-bond acceptors (Lipinski definition) is 3. The number of anilines is 3. The van der Waals surface area contributed by atoms with Gasteiger partial charge in [-0.25, -0.2) is 0 Å². The topological polar surface area (TPSA) is 3.24 Å². The summed E-state index contributed by atoms with van der Waals surface area (Å²) in [6.07, 6.45) is 0. The third-order valence-corrected chi connectivity index (χ3v) is 11.9. The lowest BCUT2D eigenvalue weighted by atomic mass is 10.0. The van der Waals surface area contributed by atoms with Crippen LogP contribution in [0.25, 0.3) is 73.4 Å². The van der Waals surface area contributed by atoms with Gasteiger partial charge in [-0.15, -0.1) is 22.7 Å². The molecular weight excluding hydrogens is 631 g/mol. The molecule has 0 fully saturated rings. The van der Waals surface area contributed by atoms with Crippen LogP contribution in [-0.2, 0) is 0 Å². The van der Waals surface area contributed by atoms with E-state index in [2.05, 4.69) is 181 Å². The first-order chi connectivity index (χ1) is 24.3. The van der Waals surface area contributed by atoms with Crippen molar-refractivity contribution < 1.29 is 0 Å². The highest BCUT2D eigenvalue weighted by Gasteiger charge is 2.19. The Bertz CT molecular complexity index is 2810. The third kappa shape index (κ3) is 4.74. The fraction of sp³-hybridized carbons (Fsp3) is 0. The molecule has 0 saturated heterocycles. The number of thiophene rings is 2. The third-order valence-electron chi connectivity index (χ3n) is 9.67. The van der Waals surface area contributed by atoms with Crippen LogP contribution in [0.5, 0.6) is 0 Å². The van der Waals surface area contributed by atoms with Gasteiger partial charge >= 0.3 is 0 Å². The molecule has 1 nitrogen and oxygen atoms in total. The molecule has 0 bridgehead atoms. The zero-order valence-corrected chi connectivity index (χ0v) is 28.1. The van der Waals surface area contributed by atoms with Gasteiger partial charge in [-0.1, -0.05) is 121 Å². The van der Waals surface area contributed by atoms with Crippen molar-refractivity contribution in [3.05, 3.63) is 176 Å². The second kappa shape index (κ2) is 11.5. The molecule has 49 heavy (non-hydrogen) atoms. The molecule has 3 heteroatoms. The smallest absolute Gasteiger partial charge is 0.0554 e. The monoisotopic (exact) mass is 659 g/mol. The molecule has 230 valence electrons. The zero-order chi connectivity index (χ0) is 32.3. The van der Waals surface area contributed by atoms with Gasteiger partial charge in [-0.05, 0) is 87.6 Å². The van der Waals surface area contributed by atoms with Gasteiger partial charge in [0.05, 0.1) is 5.69 Å². The summed E-state index contributed by atoms with van der Waals surface area (Å²) in [5.74, 6) is 0. The molecule has 10 rings (SSSR count). The van der Waals surface area contributed by atoms with E-state index >= 15 is 0 Å². The Hall–Kier alpha value is -5.74. The van der Waals surface area contributed by atoms with Crippen LogP contribution in [-0.4, -0.2) is 0 Å². The van der Waals surface area contributed by atoms with E-state index in [1.807, 2.05) is 22.7 Å². The van der Waals surface area contributed by atoms with Gasteiger partial charge in [0, 0.05) is 51.7 Å². The van der Waals surface area contributed by atoms with Gasteiger partial charge in [0.2, 0.25) is 0 Å². The molecule has 2 heterocycles. The van der Waals surface area contributed by atoms with Crippen molar-refractivity contribution in [3.8, 4) is 22.3 Å². The Morgan fingerprint density at radius 3 is 1.69 bits per heavy atom. The summed E-state index contributed by atoms with van der Waals surface area (Å²) < 4.78 is 5.27. The Labute approximate surface area is 292 Å². The zero-order valence-electron chi connectivity index (χ0n) is 26.5. The van der Waals surface area contributed by atoms with Crippen molar-refractivity contribution in [2.75, 3.05) is 4.90 Å². The molecule has 0 radical (unpaired) electrons. The summed E-state index contributed by atoms with van der Waals surface area (Å²) >= 11 is 3.74. The summed E-state index contributed by atoms with van der Waals surface area (Å²) in [5.41, 5.74) is 8.34. The maximum atomic E-state index is 2.42. The molecule has 0 aliphatic heterocycles. The second-order valence-corrected chi connectivity index (χ2v) is 14.7. The van der Waals surface area contributed by atoms with E-state index in [0.717, 1.165) is 11.4 Å². The van der Waals surface area contributed by atoms with Crippen LogP contribution in [0.1, 0.15) is 0 Å². The molecule has 0 unspecified atom stereocenters. The van der Waals surface area contributed by atoms with Crippen LogP contribution < -0.4 is 4.90 Å². The predicted molar refractivity (Wildman–Crippen MR) is 215 cm³/mol. The van der Waals surface area contributed by atoms with Gasteiger partial charge < -0.3 is 4.90 Å². The quantitative estimate of drug-likeness (QED) is 0.178. The number of hydrogen-bond donors (Lipinski definition) is 0. The fourth-order valence-corrected chi connectivity index (χ4v) is 9.62. The fourth-order valence-electron chi connectivity index (χ4n) is 7.33. The van der Waals surface area contributed by atoms with E-state index in [1.54, 1.807) is 0 Å². The molecule has 8 aromatic carbocycles. The number of rotatable bonds is 5. The Kier molecular flexibility index (Phi) is 6.61. The van der Waals surface area contributed by atoms with Crippen molar-refractivity contribution in [3.63, 3.8) is 0 Å². The van der Waals surface area contributed by atoms with E-state index in [1.165, 1.54) is 79.1 Å². The lowest BCUT2D eigenvalue weighted by molar-refractivity contribution is 1.30. The minimum atomic E-state index is 1.13. The van der Waals surface area contributed by atoms with Crippen molar-refractivity contribution in [1.82, 2.24) is 0 Å². The predicted octanol–water partition coefficient (Wildman–Crippen LogP) is 14.4. The summed E-state index contributed by atoms with van der Waals surface area (Å²) in [4.78, 5) is 2.42. The van der Waals surface area contributed by atoms with Gasteiger partial charge in [-0.2, -0.15) is 0 Å². The molecule has 0 spiro atoms. The van der Waals surface area contributed by atoms with Crippen LogP contribution in [0, 0.1) is 0 Å². The average molecular weight is 660 g/mol. The summed E-state index contributed by atoms with van der Waals surface area (Å²) in [5, 5.41) is 7.91. The van der Waals surface area contributed by atoms with E-state index in [0.29, 0.717) is 0 Å². The van der Waals surface area contributed by atoms with Crippen molar-refractivity contribution in [2.24, 2.45) is 0 Å². The van der Waals surface area contributed by atoms with Crippen LogP contribution >= 0.6 is 22.7 Å². The second-order valence-electron chi connectivity index (χ2n) is 12.5. The van der Waals surface area contributed by atoms with Gasteiger partial charge in [0.1, 0.15) is 0 Å². The average Bonchev–Trinajstić information content (AvgIpc) is 3.75. The Morgan fingerprint density at radius 1 is 0.327 bits per heavy atom. The molecule has 2 aromatic heterocycles. The number of nitrogens with zero attached hydrogens (tertiary/aromatic N) is 1. The SMILES string of the molecule is c1ccc(-c2ccc(N(c3ccc(-c4ccc5c(c4)sc4ccc6ccccc6c45)cc3)c3cccc4sc5ccccc5c34)cc2)cc1. The molecular formula is C46H29NS2. The number of benzene rings is 8. The minimum absolute atomic E-state index is 1.13. The van der Waals surface area contributed by atoms with E-state index in [9.17, 15) is 0 Å². The summed E-state index contributed by atoms with van der Waals surface area (Å²) in [7, 11) is 0. The summed E-state index contributed by atoms with van der Waals surface area (Å²) in [6.45, 7) is 0. The van der Waals surface area contributed by atoms with Crippen molar-refractivity contribution >= 4 is 90.9 Å². The van der Waals surface area contributed by atoms with Crippen molar-refractivity contribution in [1.29, 1.82) is 0 Å². The van der Waals surface area contributed by atoms with Crippen LogP contribution in [0.3, 0.4) is 0 Å². The first kappa shape index (κ1) is 28.3. The highest BCUT2D eigenvalue weighted by atomic mass is 32.1. The van der Waals surface area contributed by atoms with Crippen LogP contribution in [0.4, 0.5) is 17.1 Å². The lowest BCUT2D eigenvalue weighted by Crippen LogP contribution is -2.10. The standard InChI is InChI=1S/C46H29NS2/c1-2-9-30(10-3-1)31-17-23-35(24-18-31)47(40-14-8-16-42-46(40)38-13-6-7-15-41(38)48-42)36-25-19-32(20-26-36)34-21-27-39-44(29-34)49-43-28-22-33-11-4-5-12-37(33)45(39)43/h1-29H. The van der Waals surface area contributed by atoms with E-state index in [-0.39, 0.29) is 0 Å². The first-order valence-electron chi connectivity index (χ1n) is 16.6. The lowest BCUT2D eigenvalue weighted by Gasteiger charge is -2.27. The molecule has 0 amide bonds. The maximum absolute atomic E-state index is 2.42. The van der Waals surface area contributed by atoms with Gasteiger partial charge in [0.15, 0.2) is 0 Å². The largest absolute Gasteiger partial charge is 0.310 e. The normalized spacial score (nSPS) is 11.7. The highest BCUT2D eigenvalue weighted by molar-refractivity contribution is 7.26. The summed E-state index contributed by atoms with van der Waals surface area (Å²) in [6, 6.07) is 64.3. The molecule has 0 saturated carbocycles. The molecule has 0 aliphatic carbocycles.